The summed E-state index contributed by atoms with van der Waals surface area (Å²) in [5.74, 6) is 0.453. The lowest BCUT2D eigenvalue weighted by atomic mass is 9.70. The van der Waals surface area contributed by atoms with E-state index in [0.29, 0.717) is 12.3 Å². The van der Waals surface area contributed by atoms with Crippen molar-refractivity contribution in [2.24, 2.45) is 16.7 Å². The first-order chi connectivity index (χ1) is 8.96. The van der Waals surface area contributed by atoms with Crippen LogP contribution in [0.15, 0.2) is 0 Å². The summed E-state index contributed by atoms with van der Waals surface area (Å²) in [5.41, 5.74) is -1.33. The Labute approximate surface area is 122 Å². The second-order valence-electron chi connectivity index (χ2n) is 7.77. The third-order valence-electron chi connectivity index (χ3n) is 5.89. The van der Waals surface area contributed by atoms with E-state index in [9.17, 15) is 13.2 Å². The van der Waals surface area contributed by atoms with Gasteiger partial charge in [-0.25, -0.2) is 13.1 Å². The minimum absolute atomic E-state index is 0.0498. The normalized spacial score (nSPS) is 32.9. The molecule has 1 N–H and O–H groups in total. The molecule has 0 saturated heterocycles. The topological polar surface area (TPSA) is 63.2 Å². The maximum atomic E-state index is 12.5. The van der Waals surface area contributed by atoms with Crippen molar-refractivity contribution in [2.45, 2.75) is 65.8 Å². The summed E-state index contributed by atoms with van der Waals surface area (Å²) in [7, 11) is -3.45. The van der Waals surface area contributed by atoms with Gasteiger partial charge in [-0.2, -0.15) is 0 Å². The first-order valence-corrected chi connectivity index (χ1v) is 9.16. The summed E-state index contributed by atoms with van der Waals surface area (Å²) >= 11 is 0. The molecule has 2 aliphatic rings. The van der Waals surface area contributed by atoms with Crippen molar-refractivity contribution < 1.29 is 13.2 Å². The standard InChI is InChI=1S/C15H27NO3S/c1-6-13(2,3)16-20(18,19)10-15-8-7-11(9-12(15)17)14(15,4)5/h11,16H,6-10H2,1-5H3/t11-,15-/m1/s1. The van der Waals surface area contributed by atoms with Crippen molar-refractivity contribution in [1.82, 2.24) is 4.72 Å². The number of carbonyl (C=O) groups excluding carboxylic acids is 1. The zero-order valence-corrected chi connectivity index (χ0v) is 14.1. The average Bonchev–Trinajstić information content (AvgIpc) is 2.60. The smallest absolute Gasteiger partial charge is 0.213 e. The highest BCUT2D eigenvalue weighted by atomic mass is 32.2. The Morgan fingerprint density at radius 2 is 1.95 bits per heavy atom. The highest BCUT2D eigenvalue weighted by Gasteiger charge is 2.65. The lowest BCUT2D eigenvalue weighted by Crippen LogP contribution is -2.50. The molecule has 4 nitrogen and oxygen atoms in total. The van der Waals surface area contributed by atoms with Gasteiger partial charge in [0, 0.05) is 17.4 Å². The van der Waals surface area contributed by atoms with Gasteiger partial charge in [-0.15, -0.1) is 0 Å². The molecule has 2 saturated carbocycles. The lowest BCUT2D eigenvalue weighted by Gasteiger charge is -2.37. The van der Waals surface area contributed by atoms with E-state index in [1.807, 2.05) is 20.8 Å². The van der Waals surface area contributed by atoms with Crippen molar-refractivity contribution in [1.29, 1.82) is 0 Å². The highest BCUT2D eigenvalue weighted by Crippen LogP contribution is 2.64. The number of hydrogen-bond donors (Lipinski definition) is 1. The van der Waals surface area contributed by atoms with Gasteiger partial charge >= 0.3 is 0 Å². The Bertz CT molecular complexity index is 521. The van der Waals surface area contributed by atoms with Gasteiger partial charge in [0.25, 0.3) is 0 Å². The molecule has 116 valence electrons. The van der Waals surface area contributed by atoms with Crippen LogP contribution in [0.4, 0.5) is 0 Å². The van der Waals surface area contributed by atoms with E-state index in [0.717, 1.165) is 19.3 Å². The zero-order chi connectivity index (χ0) is 15.4. The van der Waals surface area contributed by atoms with Crippen LogP contribution in [0.25, 0.3) is 0 Å². The van der Waals surface area contributed by atoms with E-state index in [1.54, 1.807) is 0 Å². The Morgan fingerprint density at radius 3 is 2.35 bits per heavy atom. The zero-order valence-electron chi connectivity index (χ0n) is 13.2. The molecule has 0 aromatic heterocycles. The molecule has 2 rings (SSSR count). The van der Waals surface area contributed by atoms with Gasteiger partial charge in [0.15, 0.2) is 0 Å². The molecule has 2 bridgehead atoms. The summed E-state index contributed by atoms with van der Waals surface area (Å²) in [6.45, 7) is 9.84. The molecule has 0 aromatic rings. The maximum absolute atomic E-state index is 12.5. The quantitative estimate of drug-likeness (QED) is 0.848. The highest BCUT2D eigenvalue weighted by molar-refractivity contribution is 7.89. The van der Waals surface area contributed by atoms with Crippen LogP contribution in [0, 0.1) is 16.7 Å². The van der Waals surface area contributed by atoms with Gasteiger partial charge < -0.3 is 0 Å². The molecule has 0 radical (unpaired) electrons. The maximum Gasteiger partial charge on any atom is 0.213 e. The number of hydrogen-bond acceptors (Lipinski definition) is 3. The lowest BCUT2D eigenvalue weighted by molar-refractivity contribution is -0.128. The van der Waals surface area contributed by atoms with Crippen molar-refractivity contribution >= 4 is 15.8 Å². The largest absolute Gasteiger partial charge is 0.299 e. The molecule has 2 aliphatic carbocycles. The van der Waals surface area contributed by atoms with Gasteiger partial charge in [-0.05, 0) is 44.4 Å². The van der Waals surface area contributed by atoms with Crippen LogP contribution >= 0.6 is 0 Å². The van der Waals surface area contributed by atoms with Gasteiger partial charge in [-0.1, -0.05) is 20.8 Å². The number of Topliss-reactive ketones (excluding diaryl/α,β-unsaturated/α-hetero) is 1. The Hall–Kier alpha value is -0.420. The number of carbonyl (C=O) groups is 1. The van der Waals surface area contributed by atoms with Crippen molar-refractivity contribution in [3.63, 3.8) is 0 Å². The molecule has 2 atom stereocenters. The van der Waals surface area contributed by atoms with Crippen LogP contribution in [0.3, 0.4) is 0 Å². The van der Waals surface area contributed by atoms with Crippen LogP contribution in [0.5, 0.6) is 0 Å². The van der Waals surface area contributed by atoms with Crippen LogP contribution in [0.1, 0.15) is 60.3 Å². The number of ketones is 1. The predicted octanol–water partition coefficient (Wildman–Crippen LogP) is 2.49. The molecule has 0 aliphatic heterocycles. The molecule has 20 heavy (non-hydrogen) atoms. The van der Waals surface area contributed by atoms with Crippen molar-refractivity contribution in [2.75, 3.05) is 5.75 Å². The number of nitrogens with one attached hydrogen (secondary N) is 1. The van der Waals surface area contributed by atoms with Crippen LogP contribution in [0.2, 0.25) is 0 Å². The molecule has 2 fully saturated rings. The minimum Gasteiger partial charge on any atom is -0.299 e. The van der Waals surface area contributed by atoms with Gasteiger partial charge in [-0.3, -0.25) is 4.79 Å². The van der Waals surface area contributed by atoms with E-state index in [1.165, 1.54) is 0 Å². The molecule has 0 aromatic carbocycles. The van der Waals surface area contributed by atoms with E-state index in [-0.39, 0.29) is 17.0 Å². The molecule has 0 heterocycles. The molecule has 0 amide bonds. The summed E-state index contributed by atoms with van der Waals surface area (Å²) in [6.07, 6.45) is 2.97. The fourth-order valence-corrected chi connectivity index (χ4v) is 6.35. The van der Waals surface area contributed by atoms with E-state index in [2.05, 4.69) is 18.6 Å². The molecular formula is C15H27NO3S. The number of sulfonamides is 1. The van der Waals surface area contributed by atoms with Gasteiger partial charge in [0.2, 0.25) is 10.0 Å². The van der Waals surface area contributed by atoms with Crippen LogP contribution < -0.4 is 4.72 Å². The molecule has 0 spiro atoms. The third-order valence-corrected chi connectivity index (χ3v) is 7.63. The Balaban J connectivity index is 2.27. The summed E-state index contributed by atoms with van der Waals surface area (Å²) in [5, 5.41) is 0. The summed E-state index contributed by atoms with van der Waals surface area (Å²) in [4.78, 5) is 12.4. The Kier molecular flexibility index (Phi) is 3.62. The SMILES string of the molecule is CCC(C)(C)NS(=O)(=O)C[C@]12CC[C@H](CC1=O)C2(C)C. The van der Waals surface area contributed by atoms with Crippen molar-refractivity contribution in [3.8, 4) is 0 Å². The second kappa shape index (κ2) is 4.54. The molecule has 0 unspecified atom stereocenters. The third kappa shape index (κ3) is 2.33. The number of rotatable bonds is 5. The average molecular weight is 301 g/mol. The van der Waals surface area contributed by atoms with Crippen LogP contribution in [-0.4, -0.2) is 25.5 Å². The number of fused-ring (bicyclic) bond motifs is 2. The first kappa shape index (κ1) is 16.0. The fourth-order valence-electron chi connectivity index (χ4n) is 3.96. The molecular weight excluding hydrogens is 274 g/mol. The second-order valence-corrected chi connectivity index (χ2v) is 9.49. The van der Waals surface area contributed by atoms with Crippen molar-refractivity contribution in [3.05, 3.63) is 0 Å². The Morgan fingerprint density at radius 1 is 1.35 bits per heavy atom. The summed E-state index contributed by atoms with van der Waals surface area (Å²) < 4.78 is 27.8. The predicted molar refractivity (Wildman–Crippen MR) is 79.9 cm³/mol. The van der Waals surface area contributed by atoms with Gasteiger partial charge in [0.05, 0.1) is 5.75 Å². The molecule has 5 heteroatoms. The van der Waals surface area contributed by atoms with E-state index in [4.69, 9.17) is 0 Å². The van der Waals surface area contributed by atoms with Gasteiger partial charge in [0.1, 0.15) is 5.78 Å². The van der Waals surface area contributed by atoms with E-state index < -0.39 is 21.0 Å². The monoisotopic (exact) mass is 301 g/mol. The minimum atomic E-state index is -3.45. The summed E-state index contributed by atoms with van der Waals surface area (Å²) in [6, 6.07) is 0. The van der Waals surface area contributed by atoms with E-state index >= 15 is 0 Å². The van der Waals surface area contributed by atoms with Crippen LogP contribution in [-0.2, 0) is 14.8 Å². The fraction of sp³-hybridized carbons (Fsp3) is 0.933. The first-order valence-electron chi connectivity index (χ1n) is 7.51.